The Balaban J connectivity index is 2.12. The van der Waals surface area contributed by atoms with Crippen molar-refractivity contribution in [2.45, 2.75) is 6.54 Å². The summed E-state index contributed by atoms with van der Waals surface area (Å²) in [6.07, 6.45) is 0. The second-order valence-corrected chi connectivity index (χ2v) is 4.30. The molecule has 0 heterocycles. The first-order valence-corrected chi connectivity index (χ1v) is 6.04. The van der Waals surface area contributed by atoms with Gasteiger partial charge in [0.05, 0.1) is 4.92 Å². The molecule has 0 fully saturated rings. The molecule has 0 atom stereocenters. The van der Waals surface area contributed by atoms with Gasteiger partial charge in [-0.2, -0.15) is 0 Å². The maximum Gasteiger partial charge on any atom is 0.292 e. The average Bonchev–Trinajstić information content (AvgIpc) is 2.46. The number of anilines is 1. The van der Waals surface area contributed by atoms with Crippen LogP contribution in [-0.4, -0.2) is 10.8 Å². The van der Waals surface area contributed by atoms with Crippen LogP contribution in [0, 0.1) is 15.9 Å². The number of nitrogens with two attached hydrogens (primary N) is 1. The Morgan fingerprint density at radius 2 is 2.00 bits per heavy atom. The smallest absolute Gasteiger partial charge is 0.292 e. The predicted molar refractivity (Wildman–Crippen MR) is 75.1 cm³/mol. The van der Waals surface area contributed by atoms with Gasteiger partial charge in [-0.1, -0.05) is 18.2 Å². The largest absolute Gasteiger partial charge is 0.393 e. The lowest BCUT2D eigenvalue weighted by molar-refractivity contribution is -0.383. The van der Waals surface area contributed by atoms with Gasteiger partial charge in [0.15, 0.2) is 0 Å². The van der Waals surface area contributed by atoms with Crippen molar-refractivity contribution in [2.75, 3.05) is 5.73 Å². The zero-order chi connectivity index (χ0) is 15.4. The molecule has 3 N–H and O–H groups in total. The Labute approximate surface area is 119 Å². The van der Waals surface area contributed by atoms with E-state index in [0.717, 1.165) is 6.07 Å². The number of nitrogens with one attached hydrogen (secondary N) is 1. The number of carbonyl (C=O) groups is 1. The SMILES string of the molecule is Nc1ccc(C(=O)NCc2ccccc2F)cc1[N+](=O)[O-]. The molecule has 0 radical (unpaired) electrons. The first-order chi connectivity index (χ1) is 9.99. The van der Waals surface area contributed by atoms with Crippen LogP contribution in [0.1, 0.15) is 15.9 Å². The molecule has 1 amide bonds. The fourth-order valence-corrected chi connectivity index (χ4v) is 1.76. The molecule has 6 nitrogen and oxygen atoms in total. The number of hydrogen-bond acceptors (Lipinski definition) is 4. The van der Waals surface area contributed by atoms with Crippen LogP contribution in [0.2, 0.25) is 0 Å². The van der Waals surface area contributed by atoms with Crippen LogP contribution in [0.15, 0.2) is 42.5 Å². The summed E-state index contributed by atoms with van der Waals surface area (Å²) in [5, 5.41) is 13.3. The second kappa shape index (κ2) is 6.00. The maximum absolute atomic E-state index is 13.4. The van der Waals surface area contributed by atoms with Crippen molar-refractivity contribution in [3.05, 3.63) is 69.5 Å². The van der Waals surface area contributed by atoms with Crippen molar-refractivity contribution in [3.63, 3.8) is 0 Å². The number of carbonyl (C=O) groups excluding carboxylic acids is 1. The highest BCUT2D eigenvalue weighted by Gasteiger charge is 2.15. The van der Waals surface area contributed by atoms with E-state index in [4.69, 9.17) is 5.73 Å². The fourth-order valence-electron chi connectivity index (χ4n) is 1.76. The number of halogens is 1. The first kappa shape index (κ1) is 14.4. The number of rotatable bonds is 4. The minimum absolute atomic E-state index is 0.0102. The highest BCUT2D eigenvalue weighted by molar-refractivity contribution is 5.95. The summed E-state index contributed by atoms with van der Waals surface area (Å²) in [6, 6.07) is 9.78. The molecule has 0 saturated carbocycles. The lowest BCUT2D eigenvalue weighted by Gasteiger charge is -2.07. The standard InChI is InChI=1S/C14H12FN3O3/c15-11-4-2-1-3-10(11)8-17-14(19)9-5-6-12(16)13(7-9)18(20)21/h1-7H,8,16H2,(H,17,19). The Bertz CT molecular complexity index is 704. The predicted octanol–water partition coefficient (Wildman–Crippen LogP) is 2.25. The maximum atomic E-state index is 13.4. The van der Waals surface area contributed by atoms with E-state index in [-0.39, 0.29) is 23.5 Å². The molecule has 0 aliphatic carbocycles. The molecular formula is C14H12FN3O3. The Hall–Kier alpha value is -2.96. The number of nitro benzene ring substituents is 1. The summed E-state index contributed by atoms with van der Waals surface area (Å²) in [5.74, 6) is -0.970. The molecule has 0 aromatic heterocycles. The van der Waals surface area contributed by atoms with Crippen molar-refractivity contribution in [2.24, 2.45) is 0 Å². The molecule has 7 heteroatoms. The van der Waals surface area contributed by atoms with Crippen LogP contribution in [-0.2, 0) is 6.54 Å². The van der Waals surface area contributed by atoms with Gasteiger partial charge < -0.3 is 11.1 Å². The summed E-state index contributed by atoms with van der Waals surface area (Å²) in [6.45, 7) is -0.0102. The molecule has 21 heavy (non-hydrogen) atoms. The van der Waals surface area contributed by atoms with Gasteiger partial charge in [-0.15, -0.1) is 0 Å². The van der Waals surface area contributed by atoms with Gasteiger partial charge in [0.25, 0.3) is 11.6 Å². The van der Waals surface area contributed by atoms with Gasteiger partial charge >= 0.3 is 0 Å². The van der Waals surface area contributed by atoms with Crippen LogP contribution in [0.3, 0.4) is 0 Å². The van der Waals surface area contributed by atoms with Gasteiger partial charge in [-0.05, 0) is 18.2 Å². The zero-order valence-electron chi connectivity index (χ0n) is 10.9. The monoisotopic (exact) mass is 289 g/mol. The molecule has 0 aliphatic heterocycles. The highest BCUT2D eigenvalue weighted by atomic mass is 19.1. The van der Waals surface area contributed by atoms with Crippen molar-refractivity contribution >= 4 is 17.3 Å². The summed E-state index contributed by atoms with van der Waals surface area (Å²) in [5.41, 5.74) is 5.51. The van der Waals surface area contributed by atoms with Crippen LogP contribution < -0.4 is 11.1 Å². The van der Waals surface area contributed by atoms with Crippen LogP contribution in [0.4, 0.5) is 15.8 Å². The summed E-state index contributed by atoms with van der Waals surface area (Å²) >= 11 is 0. The minimum Gasteiger partial charge on any atom is -0.393 e. The summed E-state index contributed by atoms with van der Waals surface area (Å²) in [7, 11) is 0. The normalized spacial score (nSPS) is 10.1. The molecule has 0 saturated heterocycles. The Morgan fingerprint density at radius 1 is 1.29 bits per heavy atom. The van der Waals surface area contributed by atoms with Crippen LogP contribution >= 0.6 is 0 Å². The van der Waals surface area contributed by atoms with Gasteiger partial charge in [-0.3, -0.25) is 14.9 Å². The van der Waals surface area contributed by atoms with Gasteiger partial charge in [0.2, 0.25) is 0 Å². The van der Waals surface area contributed by atoms with E-state index >= 15 is 0 Å². The lowest BCUT2D eigenvalue weighted by Crippen LogP contribution is -2.23. The highest BCUT2D eigenvalue weighted by Crippen LogP contribution is 2.22. The number of nitro groups is 1. The van der Waals surface area contributed by atoms with E-state index in [9.17, 15) is 19.3 Å². The van der Waals surface area contributed by atoms with E-state index in [1.165, 1.54) is 18.2 Å². The molecule has 0 unspecified atom stereocenters. The number of hydrogen-bond donors (Lipinski definition) is 2. The molecule has 0 bridgehead atoms. The Morgan fingerprint density at radius 3 is 2.67 bits per heavy atom. The van der Waals surface area contributed by atoms with E-state index in [1.807, 2.05) is 0 Å². The van der Waals surface area contributed by atoms with Gasteiger partial charge in [0, 0.05) is 23.7 Å². The summed E-state index contributed by atoms with van der Waals surface area (Å²) in [4.78, 5) is 22.0. The molecule has 2 rings (SSSR count). The molecule has 0 spiro atoms. The van der Waals surface area contributed by atoms with E-state index in [1.54, 1.807) is 18.2 Å². The summed E-state index contributed by atoms with van der Waals surface area (Å²) < 4.78 is 13.4. The van der Waals surface area contributed by atoms with Crippen molar-refractivity contribution in [1.29, 1.82) is 0 Å². The van der Waals surface area contributed by atoms with Gasteiger partial charge in [-0.25, -0.2) is 4.39 Å². The van der Waals surface area contributed by atoms with E-state index < -0.39 is 16.6 Å². The topological polar surface area (TPSA) is 98.3 Å². The fraction of sp³-hybridized carbons (Fsp3) is 0.0714. The van der Waals surface area contributed by atoms with Crippen LogP contribution in [0.5, 0.6) is 0 Å². The number of nitrogen functional groups attached to an aromatic ring is 1. The number of nitrogens with zero attached hydrogens (tertiary/aromatic N) is 1. The Kier molecular flexibility index (Phi) is 4.13. The first-order valence-electron chi connectivity index (χ1n) is 6.04. The molecule has 2 aromatic rings. The molecular weight excluding hydrogens is 277 g/mol. The molecule has 0 aliphatic rings. The number of benzene rings is 2. The van der Waals surface area contributed by atoms with E-state index in [0.29, 0.717) is 5.56 Å². The number of amides is 1. The average molecular weight is 289 g/mol. The van der Waals surface area contributed by atoms with Crippen molar-refractivity contribution < 1.29 is 14.1 Å². The lowest BCUT2D eigenvalue weighted by atomic mass is 10.1. The quantitative estimate of drug-likeness (QED) is 0.512. The van der Waals surface area contributed by atoms with Crippen molar-refractivity contribution in [3.8, 4) is 0 Å². The van der Waals surface area contributed by atoms with Crippen molar-refractivity contribution in [1.82, 2.24) is 5.32 Å². The minimum atomic E-state index is -0.664. The van der Waals surface area contributed by atoms with Gasteiger partial charge in [0.1, 0.15) is 11.5 Å². The third-order valence-corrected chi connectivity index (χ3v) is 2.89. The van der Waals surface area contributed by atoms with Crippen LogP contribution in [0.25, 0.3) is 0 Å². The van der Waals surface area contributed by atoms with E-state index in [2.05, 4.69) is 5.32 Å². The third-order valence-electron chi connectivity index (χ3n) is 2.89. The molecule has 108 valence electrons. The second-order valence-electron chi connectivity index (χ2n) is 4.30. The third kappa shape index (κ3) is 3.33. The zero-order valence-corrected chi connectivity index (χ0v) is 10.9. The molecule has 2 aromatic carbocycles.